The Kier molecular flexibility index (Phi) is 7.18. The highest BCUT2D eigenvalue weighted by Crippen LogP contribution is 2.34. The molecule has 2 N–H and O–H groups in total. The van der Waals surface area contributed by atoms with E-state index in [1.54, 1.807) is 43.3 Å². The molecule has 5 nitrogen and oxygen atoms in total. The van der Waals surface area contributed by atoms with Gasteiger partial charge in [-0.25, -0.2) is 8.42 Å². The van der Waals surface area contributed by atoms with Crippen molar-refractivity contribution >= 4 is 37.6 Å². The number of carbonyl (C=O) groups is 1. The molecule has 1 aromatic heterocycles. The van der Waals surface area contributed by atoms with Crippen molar-refractivity contribution in [3.05, 3.63) is 113 Å². The van der Waals surface area contributed by atoms with Crippen LogP contribution < -0.4 is 5.73 Å². The van der Waals surface area contributed by atoms with E-state index in [9.17, 15) is 26.4 Å². The molecule has 0 spiro atoms. The lowest BCUT2D eigenvalue weighted by molar-refractivity contribution is -0.137. The van der Waals surface area contributed by atoms with Crippen LogP contribution in [0.4, 0.5) is 13.2 Å². The Bertz CT molecular complexity index is 1820. The van der Waals surface area contributed by atoms with Crippen LogP contribution in [0.1, 0.15) is 39.5 Å². The van der Waals surface area contributed by atoms with Gasteiger partial charge in [-0.05, 0) is 72.0 Å². The molecule has 0 saturated heterocycles. The predicted molar refractivity (Wildman–Crippen MR) is 150 cm³/mol. The van der Waals surface area contributed by atoms with Crippen LogP contribution in [0, 0.1) is 0 Å². The smallest absolute Gasteiger partial charge is 0.366 e. The minimum absolute atomic E-state index is 0.00661. The lowest BCUT2D eigenvalue weighted by Gasteiger charge is -2.13. The van der Waals surface area contributed by atoms with Gasteiger partial charge < -0.3 is 10.3 Å². The summed E-state index contributed by atoms with van der Waals surface area (Å²) in [5, 5.41) is 1.78. The maximum absolute atomic E-state index is 13.0. The highest BCUT2D eigenvalue weighted by molar-refractivity contribution is 7.91. The third kappa shape index (κ3) is 5.34. The van der Waals surface area contributed by atoms with E-state index in [0.717, 1.165) is 50.6 Å². The summed E-state index contributed by atoms with van der Waals surface area (Å²) < 4.78 is 65.7. The number of amides is 1. The summed E-state index contributed by atoms with van der Waals surface area (Å²) in [6.07, 6.45) is -3.48. The molecule has 5 aromatic rings. The molecule has 1 amide bonds. The summed E-state index contributed by atoms with van der Waals surface area (Å²) in [6, 6.07) is 23.2. The normalized spacial score (nSPS) is 12.3. The van der Waals surface area contributed by atoms with Crippen molar-refractivity contribution in [2.45, 2.75) is 37.4 Å². The number of para-hydroxylation sites is 1. The number of hydrogen-bond acceptors (Lipinski definition) is 3. The number of hydrogen-bond donors (Lipinski definition) is 1. The lowest BCUT2D eigenvalue weighted by Crippen LogP contribution is -2.12. The van der Waals surface area contributed by atoms with E-state index in [-0.39, 0.29) is 10.6 Å². The maximum Gasteiger partial charge on any atom is 0.416 e. The molecule has 206 valence electrons. The van der Waals surface area contributed by atoms with Gasteiger partial charge in [-0.15, -0.1) is 0 Å². The highest BCUT2D eigenvalue weighted by Gasteiger charge is 2.30. The minimum atomic E-state index is -4.39. The second-order valence-electron chi connectivity index (χ2n) is 9.73. The average molecular weight is 565 g/mol. The Morgan fingerprint density at radius 1 is 0.875 bits per heavy atom. The monoisotopic (exact) mass is 564 g/mol. The van der Waals surface area contributed by atoms with Gasteiger partial charge in [0.2, 0.25) is 5.91 Å². The van der Waals surface area contributed by atoms with E-state index in [4.69, 9.17) is 5.73 Å². The summed E-state index contributed by atoms with van der Waals surface area (Å²) in [7, 11) is -3.34. The molecule has 0 fully saturated rings. The summed E-state index contributed by atoms with van der Waals surface area (Å²) >= 11 is 0. The molecule has 1 heterocycles. The van der Waals surface area contributed by atoms with Crippen molar-refractivity contribution in [3.8, 4) is 0 Å². The van der Waals surface area contributed by atoms with Gasteiger partial charge in [0.1, 0.15) is 0 Å². The van der Waals surface area contributed by atoms with E-state index in [2.05, 4.69) is 4.57 Å². The number of carbonyl (C=O) groups excluding carboxylic acids is 1. The summed E-state index contributed by atoms with van der Waals surface area (Å²) in [4.78, 5) is 12.5. The molecular weight excluding hydrogens is 537 g/mol. The number of fused-ring (bicyclic) bond motifs is 3. The molecule has 4 aromatic carbocycles. The molecule has 40 heavy (non-hydrogen) atoms. The number of aromatic nitrogens is 1. The number of primary amides is 1. The Morgan fingerprint density at radius 3 is 2.15 bits per heavy atom. The Balaban J connectivity index is 1.60. The number of sulfone groups is 1. The second-order valence-corrected chi connectivity index (χ2v) is 12.0. The second kappa shape index (κ2) is 10.5. The zero-order valence-electron chi connectivity index (χ0n) is 21.7. The SMILES string of the molecule is CCS(=O)(=O)c1ccc(Cc2cc(C(N)=O)cc3c4ccccc4n(CCc4ccc(C(F)(F)F)cc4)c23)cc1. The topological polar surface area (TPSA) is 82.2 Å². The molecule has 0 radical (unpaired) electrons. The molecule has 0 saturated carbocycles. The number of benzene rings is 4. The van der Waals surface area contributed by atoms with Gasteiger partial charge in [-0.3, -0.25) is 4.79 Å². The van der Waals surface area contributed by atoms with Gasteiger partial charge in [0.15, 0.2) is 9.84 Å². The number of halogens is 3. The number of aryl methyl sites for hydroxylation is 2. The van der Waals surface area contributed by atoms with Crippen LogP contribution in [0.2, 0.25) is 0 Å². The zero-order valence-corrected chi connectivity index (χ0v) is 22.5. The minimum Gasteiger partial charge on any atom is -0.366 e. The third-order valence-corrected chi connectivity index (χ3v) is 8.94. The van der Waals surface area contributed by atoms with Crippen molar-refractivity contribution in [3.63, 3.8) is 0 Å². The number of nitrogens with two attached hydrogens (primary N) is 1. The molecular formula is C31H27F3N2O3S. The molecule has 0 aliphatic rings. The average Bonchev–Trinajstić information content (AvgIpc) is 3.26. The first-order valence-corrected chi connectivity index (χ1v) is 14.4. The first-order valence-electron chi connectivity index (χ1n) is 12.8. The van der Waals surface area contributed by atoms with Gasteiger partial charge in [0, 0.05) is 28.4 Å². The zero-order chi connectivity index (χ0) is 28.7. The van der Waals surface area contributed by atoms with Gasteiger partial charge in [0.05, 0.1) is 21.7 Å². The van der Waals surface area contributed by atoms with E-state index < -0.39 is 27.5 Å². The molecule has 0 unspecified atom stereocenters. The Labute approximate surface area is 230 Å². The lowest BCUT2D eigenvalue weighted by atomic mass is 9.98. The largest absolute Gasteiger partial charge is 0.416 e. The van der Waals surface area contributed by atoms with Crippen molar-refractivity contribution in [2.24, 2.45) is 5.73 Å². The van der Waals surface area contributed by atoms with E-state index >= 15 is 0 Å². The molecule has 0 atom stereocenters. The van der Waals surface area contributed by atoms with Gasteiger partial charge >= 0.3 is 6.18 Å². The fourth-order valence-electron chi connectivity index (χ4n) is 5.09. The fraction of sp³-hybridized carbons (Fsp3) is 0.194. The maximum atomic E-state index is 13.0. The molecule has 9 heteroatoms. The van der Waals surface area contributed by atoms with Crippen LogP contribution >= 0.6 is 0 Å². The summed E-state index contributed by atoms with van der Waals surface area (Å²) in [5.41, 5.74) is 9.64. The number of alkyl halides is 3. The Morgan fingerprint density at radius 2 is 1.52 bits per heavy atom. The fourth-order valence-corrected chi connectivity index (χ4v) is 5.97. The molecule has 0 aliphatic carbocycles. The van der Waals surface area contributed by atoms with Crippen LogP contribution in [-0.2, 0) is 35.4 Å². The quantitative estimate of drug-likeness (QED) is 0.232. The van der Waals surface area contributed by atoms with Crippen LogP contribution in [0.3, 0.4) is 0 Å². The Hall–Kier alpha value is -4.11. The van der Waals surface area contributed by atoms with E-state index in [0.29, 0.717) is 24.9 Å². The molecule has 5 rings (SSSR count). The highest BCUT2D eigenvalue weighted by atomic mass is 32.2. The molecule has 0 aliphatic heterocycles. The molecule has 0 bridgehead atoms. The van der Waals surface area contributed by atoms with Gasteiger partial charge in [-0.1, -0.05) is 49.4 Å². The van der Waals surface area contributed by atoms with E-state index in [1.165, 1.54) is 12.1 Å². The van der Waals surface area contributed by atoms with Crippen molar-refractivity contribution in [1.82, 2.24) is 4.57 Å². The van der Waals surface area contributed by atoms with E-state index in [1.807, 2.05) is 24.3 Å². The third-order valence-electron chi connectivity index (χ3n) is 7.19. The first kappa shape index (κ1) is 27.5. The van der Waals surface area contributed by atoms with Crippen molar-refractivity contribution in [2.75, 3.05) is 5.75 Å². The van der Waals surface area contributed by atoms with Gasteiger partial charge in [0.25, 0.3) is 0 Å². The first-order chi connectivity index (χ1) is 19.0. The van der Waals surface area contributed by atoms with Gasteiger partial charge in [-0.2, -0.15) is 13.2 Å². The number of nitrogens with zero attached hydrogens (tertiary/aromatic N) is 1. The predicted octanol–water partition coefficient (Wildman–Crippen LogP) is 6.54. The van der Waals surface area contributed by atoms with Crippen LogP contribution in [-0.4, -0.2) is 24.6 Å². The van der Waals surface area contributed by atoms with Crippen LogP contribution in [0.15, 0.2) is 89.8 Å². The van der Waals surface area contributed by atoms with Crippen molar-refractivity contribution < 1.29 is 26.4 Å². The summed E-state index contributed by atoms with van der Waals surface area (Å²) in [6.45, 7) is 2.09. The standard InChI is InChI=1S/C31H27F3N2O3S/c1-2-40(38,39)25-13-9-21(10-14-25)17-22-18-23(30(35)37)19-27-26-5-3-4-6-28(26)36(29(22)27)16-15-20-7-11-24(12-8-20)31(32,33)34/h3-14,18-19H,2,15-17H2,1H3,(H2,35,37). The van der Waals surface area contributed by atoms with Crippen LogP contribution in [0.25, 0.3) is 21.8 Å². The summed E-state index contributed by atoms with van der Waals surface area (Å²) in [5.74, 6) is -0.554. The van der Waals surface area contributed by atoms with Crippen LogP contribution in [0.5, 0.6) is 0 Å². The van der Waals surface area contributed by atoms with Crippen molar-refractivity contribution in [1.29, 1.82) is 0 Å². The number of rotatable bonds is 8.